The molecule has 0 aliphatic carbocycles. The van der Waals surface area contributed by atoms with Gasteiger partial charge in [0.15, 0.2) is 0 Å². The first-order chi connectivity index (χ1) is 9.87. The standard InChI is InChI=1S/C16H22BrNO3/c1-4-16(18-12(2)19,11-21-13(3)20)10-9-14-5-7-15(17)8-6-14/h5-8H,4,9-11H2,1-3H3,(H,18,19). The summed E-state index contributed by atoms with van der Waals surface area (Å²) in [4.78, 5) is 22.5. The fourth-order valence-corrected chi connectivity index (χ4v) is 2.45. The van der Waals surface area contributed by atoms with Gasteiger partial charge in [-0.3, -0.25) is 9.59 Å². The highest BCUT2D eigenvalue weighted by atomic mass is 79.9. The zero-order valence-electron chi connectivity index (χ0n) is 12.7. The Kier molecular flexibility index (Phi) is 6.89. The van der Waals surface area contributed by atoms with Crippen LogP contribution >= 0.6 is 15.9 Å². The van der Waals surface area contributed by atoms with Crippen molar-refractivity contribution in [1.82, 2.24) is 5.32 Å². The number of benzene rings is 1. The molecule has 1 unspecified atom stereocenters. The first-order valence-corrected chi connectivity index (χ1v) is 7.83. The first kappa shape index (κ1) is 17.7. The molecule has 5 heteroatoms. The number of hydrogen-bond acceptors (Lipinski definition) is 3. The molecule has 0 saturated heterocycles. The highest BCUT2D eigenvalue weighted by molar-refractivity contribution is 9.10. The van der Waals surface area contributed by atoms with Crippen LogP contribution in [0.15, 0.2) is 28.7 Å². The van der Waals surface area contributed by atoms with Crippen LogP contribution in [0.2, 0.25) is 0 Å². The maximum absolute atomic E-state index is 11.5. The van der Waals surface area contributed by atoms with Gasteiger partial charge in [-0.15, -0.1) is 0 Å². The summed E-state index contributed by atoms with van der Waals surface area (Å²) in [6, 6.07) is 8.08. The van der Waals surface area contributed by atoms with Gasteiger partial charge in [0.1, 0.15) is 6.61 Å². The van der Waals surface area contributed by atoms with Gasteiger partial charge in [0.25, 0.3) is 0 Å². The lowest BCUT2D eigenvalue weighted by Gasteiger charge is -2.33. The molecule has 1 aromatic carbocycles. The SMILES string of the molecule is CCC(CCc1ccc(Br)cc1)(COC(C)=O)NC(C)=O. The summed E-state index contributed by atoms with van der Waals surface area (Å²) in [7, 11) is 0. The molecule has 0 spiro atoms. The van der Waals surface area contributed by atoms with Crippen LogP contribution in [0.3, 0.4) is 0 Å². The maximum Gasteiger partial charge on any atom is 0.302 e. The molecule has 116 valence electrons. The largest absolute Gasteiger partial charge is 0.463 e. The van der Waals surface area contributed by atoms with E-state index in [9.17, 15) is 9.59 Å². The second kappa shape index (κ2) is 8.17. The van der Waals surface area contributed by atoms with E-state index in [0.717, 1.165) is 17.3 Å². The van der Waals surface area contributed by atoms with Crippen molar-refractivity contribution in [3.8, 4) is 0 Å². The molecular formula is C16H22BrNO3. The number of nitrogens with one attached hydrogen (secondary N) is 1. The molecule has 0 saturated carbocycles. The molecule has 0 aromatic heterocycles. The van der Waals surface area contributed by atoms with Crippen LogP contribution in [0.4, 0.5) is 0 Å². The third-order valence-electron chi connectivity index (χ3n) is 3.48. The minimum Gasteiger partial charge on any atom is -0.463 e. The van der Waals surface area contributed by atoms with Crippen LogP contribution in [-0.2, 0) is 20.7 Å². The highest BCUT2D eigenvalue weighted by Crippen LogP contribution is 2.21. The van der Waals surface area contributed by atoms with E-state index in [0.29, 0.717) is 6.42 Å². The Morgan fingerprint density at radius 3 is 2.33 bits per heavy atom. The zero-order chi connectivity index (χ0) is 15.9. The summed E-state index contributed by atoms with van der Waals surface area (Å²) in [5.41, 5.74) is 0.675. The molecular weight excluding hydrogens is 334 g/mol. The topological polar surface area (TPSA) is 55.4 Å². The average Bonchev–Trinajstić information content (AvgIpc) is 2.43. The molecule has 0 bridgehead atoms. The Morgan fingerprint density at radius 2 is 1.86 bits per heavy atom. The number of halogens is 1. The maximum atomic E-state index is 11.5. The van der Waals surface area contributed by atoms with Crippen molar-refractivity contribution >= 4 is 27.8 Å². The average molecular weight is 356 g/mol. The van der Waals surface area contributed by atoms with Gasteiger partial charge >= 0.3 is 5.97 Å². The lowest BCUT2D eigenvalue weighted by atomic mass is 9.89. The van der Waals surface area contributed by atoms with Crippen molar-refractivity contribution in [3.05, 3.63) is 34.3 Å². The molecule has 0 aliphatic rings. The summed E-state index contributed by atoms with van der Waals surface area (Å²) in [5, 5.41) is 2.95. The Bertz CT molecular complexity index is 487. The summed E-state index contributed by atoms with van der Waals surface area (Å²) in [6.45, 7) is 5.05. The molecule has 21 heavy (non-hydrogen) atoms. The normalized spacial score (nSPS) is 13.3. The van der Waals surface area contributed by atoms with E-state index in [1.165, 1.54) is 19.4 Å². The van der Waals surface area contributed by atoms with Crippen molar-refractivity contribution < 1.29 is 14.3 Å². The minimum atomic E-state index is -0.509. The molecule has 0 radical (unpaired) electrons. The lowest BCUT2D eigenvalue weighted by Crippen LogP contribution is -2.51. The van der Waals surface area contributed by atoms with E-state index in [-0.39, 0.29) is 18.5 Å². The fourth-order valence-electron chi connectivity index (χ4n) is 2.19. The number of carbonyl (C=O) groups is 2. The number of amides is 1. The number of aryl methyl sites for hydroxylation is 1. The molecule has 1 atom stereocenters. The van der Waals surface area contributed by atoms with Gasteiger partial charge in [0.05, 0.1) is 5.54 Å². The van der Waals surface area contributed by atoms with Crippen molar-refractivity contribution in [2.45, 2.75) is 45.6 Å². The van der Waals surface area contributed by atoms with Crippen molar-refractivity contribution in [2.75, 3.05) is 6.61 Å². The van der Waals surface area contributed by atoms with E-state index in [1.807, 2.05) is 31.2 Å². The van der Waals surface area contributed by atoms with Crippen molar-refractivity contribution in [3.63, 3.8) is 0 Å². The van der Waals surface area contributed by atoms with Gasteiger partial charge in [-0.25, -0.2) is 0 Å². The molecule has 0 fully saturated rings. The van der Waals surface area contributed by atoms with E-state index in [4.69, 9.17) is 4.74 Å². The second-order valence-electron chi connectivity index (χ2n) is 5.22. The molecule has 0 heterocycles. The molecule has 1 amide bonds. The summed E-state index contributed by atoms with van der Waals surface area (Å²) < 4.78 is 6.18. The third-order valence-corrected chi connectivity index (χ3v) is 4.00. The Morgan fingerprint density at radius 1 is 1.24 bits per heavy atom. The zero-order valence-corrected chi connectivity index (χ0v) is 14.3. The van der Waals surface area contributed by atoms with E-state index in [2.05, 4.69) is 21.2 Å². The summed E-state index contributed by atoms with van der Waals surface area (Å²) in [6.07, 6.45) is 2.23. The van der Waals surface area contributed by atoms with Crippen molar-refractivity contribution in [2.24, 2.45) is 0 Å². The number of rotatable bonds is 7. The Balaban J connectivity index is 2.76. The minimum absolute atomic E-state index is 0.111. The lowest BCUT2D eigenvalue weighted by molar-refractivity contribution is -0.144. The molecule has 1 aromatic rings. The quantitative estimate of drug-likeness (QED) is 0.764. The highest BCUT2D eigenvalue weighted by Gasteiger charge is 2.30. The number of hydrogen-bond donors (Lipinski definition) is 1. The molecule has 1 rings (SSSR count). The Labute approximate surface area is 134 Å². The van der Waals surface area contributed by atoms with Gasteiger partial charge < -0.3 is 10.1 Å². The van der Waals surface area contributed by atoms with Crippen LogP contribution in [0.25, 0.3) is 0 Å². The summed E-state index contributed by atoms with van der Waals surface area (Å²) >= 11 is 3.41. The van der Waals surface area contributed by atoms with Crippen LogP contribution in [0, 0.1) is 0 Å². The van der Waals surface area contributed by atoms with E-state index >= 15 is 0 Å². The van der Waals surface area contributed by atoms with Crippen LogP contribution in [0.5, 0.6) is 0 Å². The van der Waals surface area contributed by atoms with Crippen molar-refractivity contribution in [1.29, 1.82) is 0 Å². The van der Waals surface area contributed by atoms with Crippen LogP contribution < -0.4 is 5.32 Å². The summed E-state index contributed by atoms with van der Waals surface area (Å²) in [5.74, 6) is -0.443. The predicted molar refractivity (Wildman–Crippen MR) is 85.9 cm³/mol. The second-order valence-corrected chi connectivity index (χ2v) is 6.14. The van der Waals surface area contributed by atoms with E-state index < -0.39 is 5.54 Å². The monoisotopic (exact) mass is 355 g/mol. The predicted octanol–water partition coefficient (Wildman–Crippen LogP) is 3.23. The number of carbonyl (C=O) groups excluding carboxylic acids is 2. The number of esters is 1. The first-order valence-electron chi connectivity index (χ1n) is 7.03. The fraction of sp³-hybridized carbons (Fsp3) is 0.500. The Hall–Kier alpha value is -1.36. The van der Waals surface area contributed by atoms with Gasteiger partial charge in [0.2, 0.25) is 5.91 Å². The van der Waals surface area contributed by atoms with Gasteiger partial charge in [0, 0.05) is 18.3 Å². The molecule has 1 N–H and O–H groups in total. The van der Waals surface area contributed by atoms with Crippen LogP contribution in [0.1, 0.15) is 39.2 Å². The molecule has 0 aliphatic heterocycles. The van der Waals surface area contributed by atoms with Crippen LogP contribution in [-0.4, -0.2) is 24.0 Å². The van der Waals surface area contributed by atoms with Gasteiger partial charge in [-0.2, -0.15) is 0 Å². The number of ether oxygens (including phenoxy) is 1. The van der Waals surface area contributed by atoms with E-state index in [1.54, 1.807) is 0 Å². The smallest absolute Gasteiger partial charge is 0.302 e. The molecule has 4 nitrogen and oxygen atoms in total. The third kappa shape index (κ3) is 6.29. The van der Waals surface area contributed by atoms with Gasteiger partial charge in [-0.05, 0) is 37.0 Å². The van der Waals surface area contributed by atoms with Gasteiger partial charge in [-0.1, -0.05) is 35.0 Å².